The van der Waals surface area contributed by atoms with Crippen LogP contribution < -0.4 is 16.4 Å². The van der Waals surface area contributed by atoms with Gasteiger partial charge in [0.2, 0.25) is 5.91 Å². The molecule has 1 rings (SSSR count). The second-order valence-electron chi connectivity index (χ2n) is 4.07. The normalized spacial score (nSPS) is 10.4. The van der Waals surface area contributed by atoms with Crippen LogP contribution in [0.25, 0.3) is 0 Å². The maximum atomic E-state index is 13.4. The predicted octanol–water partition coefficient (Wildman–Crippen LogP) is 2.15. The quantitative estimate of drug-likeness (QED) is 0.780. The lowest BCUT2D eigenvalue weighted by Crippen LogP contribution is -2.35. The largest absolute Gasteiger partial charge is 0.397 e. The monoisotopic (exact) mass is 273 g/mol. The van der Waals surface area contributed by atoms with Gasteiger partial charge in [-0.3, -0.25) is 4.79 Å². The number of amides is 1. The molecule has 0 heterocycles. The van der Waals surface area contributed by atoms with Crippen molar-refractivity contribution in [1.82, 2.24) is 0 Å². The van der Waals surface area contributed by atoms with Gasteiger partial charge < -0.3 is 16.4 Å². The molecule has 4 N–H and O–H groups in total. The van der Waals surface area contributed by atoms with Crippen molar-refractivity contribution < 1.29 is 9.18 Å². The van der Waals surface area contributed by atoms with Gasteiger partial charge in [-0.05, 0) is 12.5 Å². The van der Waals surface area contributed by atoms with Crippen LogP contribution in [0.1, 0.15) is 19.8 Å². The van der Waals surface area contributed by atoms with Crippen LogP contribution in [-0.2, 0) is 4.79 Å². The number of primary amides is 1. The number of rotatable bonds is 6. The third kappa shape index (κ3) is 3.77. The number of nitrogens with zero attached hydrogens (tertiary/aromatic N) is 1. The molecule has 6 heteroatoms. The molecule has 1 aromatic rings. The van der Waals surface area contributed by atoms with Crippen LogP contribution in [-0.4, -0.2) is 19.0 Å². The molecule has 0 unspecified atom stereocenters. The lowest BCUT2D eigenvalue weighted by Gasteiger charge is -2.24. The van der Waals surface area contributed by atoms with Gasteiger partial charge in [-0.25, -0.2) is 4.39 Å². The van der Waals surface area contributed by atoms with E-state index < -0.39 is 11.7 Å². The Hall–Kier alpha value is -1.49. The average molecular weight is 274 g/mol. The molecule has 0 fully saturated rings. The van der Waals surface area contributed by atoms with Gasteiger partial charge in [0.15, 0.2) is 0 Å². The molecule has 4 nitrogen and oxygen atoms in total. The summed E-state index contributed by atoms with van der Waals surface area (Å²) >= 11 is 5.64. The fourth-order valence-corrected chi connectivity index (χ4v) is 1.82. The van der Waals surface area contributed by atoms with Crippen molar-refractivity contribution in [2.75, 3.05) is 23.7 Å². The second kappa shape index (κ2) is 6.44. The summed E-state index contributed by atoms with van der Waals surface area (Å²) in [5, 5.41) is -0.0363. The van der Waals surface area contributed by atoms with Crippen molar-refractivity contribution in [2.45, 2.75) is 19.8 Å². The zero-order valence-electron chi connectivity index (χ0n) is 10.2. The van der Waals surface area contributed by atoms with Crippen molar-refractivity contribution in [3.05, 3.63) is 23.0 Å². The fraction of sp³-hybridized carbons (Fsp3) is 0.417. The summed E-state index contributed by atoms with van der Waals surface area (Å²) in [6.07, 6.45) is 1.81. The second-order valence-corrected chi connectivity index (χ2v) is 4.47. The van der Waals surface area contributed by atoms with Crippen LogP contribution in [0.3, 0.4) is 0 Å². The van der Waals surface area contributed by atoms with Crippen LogP contribution in [0.15, 0.2) is 12.1 Å². The summed E-state index contributed by atoms with van der Waals surface area (Å²) in [7, 11) is 0. The number of hydrogen-bond acceptors (Lipinski definition) is 3. The third-order valence-electron chi connectivity index (χ3n) is 2.54. The topological polar surface area (TPSA) is 72.3 Å². The Balaban J connectivity index is 3.03. The van der Waals surface area contributed by atoms with E-state index in [1.807, 2.05) is 6.92 Å². The Morgan fingerprint density at radius 2 is 2.17 bits per heavy atom. The number of carbonyl (C=O) groups is 1. The van der Waals surface area contributed by atoms with Crippen LogP contribution in [0.2, 0.25) is 5.02 Å². The van der Waals surface area contributed by atoms with Gasteiger partial charge in [-0.1, -0.05) is 24.9 Å². The number of halogens is 2. The minimum atomic E-state index is -0.563. The molecule has 0 radical (unpaired) electrons. The molecule has 0 atom stereocenters. The number of nitrogen functional groups attached to an aromatic ring is 1. The standard InChI is InChI=1S/C12H17ClFN3O/c1-2-3-4-17(7-12(16)18)11-6-9(14)8(13)5-10(11)15/h5-6H,2-4,7,15H2,1H3,(H2,16,18). The molecule has 0 aromatic heterocycles. The highest BCUT2D eigenvalue weighted by molar-refractivity contribution is 6.31. The van der Waals surface area contributed by atoms with Crippen molar-refractivity contribution >= 4 is 28.9 Å². The summed E-state index contributed by atoms with van der Waals surface area (Å²) in [5.74, 6) is -1.05. The van der Waals surface area contributed by atoms with Gasteiger partial charge in [0, 0.05) is 12.6 Å². The maximum absolute atomic E-state index is 13.4. The Morgan fingerprint density at radius 3 is 2.72 bits per heavy atom. The van der Waals surface area contributed by atoms with Gasteiger partial charge in [-0.2, -0.15) is 0 Å². The molecular weight excluding hydrogens is 257 g/mol. The lowest BCUT2D eigenvalue weighted by atomic mass is 10.2. The SMILES string of the molecule is CCCCN(CC(N)=O)c1cc(F)c(Cl)cc1N. The Labute approximate surface area is 111 Å². The van der Waals surface area contributed by atoms with Crippen LogP contribution in [0.5, 0.6) is 0 Å². The number of benzene rings is 1. The third-order valence-corrected chi connectivity index (χ3v) is 2.83. The molecule has 18 heavy (non-hydrogen) atoms. The molecule has 0 aliphatic heterocycles. The van der Waals surface area contributed by atoms with Gasteiger partial charge >= 0.3 is 0 Å². The number of carbonyl (C=O) groups excluding carboxylic acids is 1. The van der Waals surface area contributed by atoms with E-state index in [1.54, 1.807) is 4.90 Å². The first-order valence-electron chi connectivity index (χ1n) is 5.73. The number of anilines is 2. The molecular formula is C12H17ClFN3O. The highest BCUT2D eigenvalue weighted by Crippen LogP contribution is 2.29. The molecule has 0 aliphatic rings. The zero-order valence-corrected chi connectivity index (χ0v) is 11.0. The predicted molar refractivity (Wildman–Crippen MR) is 72.1 cm³/mol. The van der Waals surface area contributed by atoms with Crippen molar-refractivity contribution in [3.8, 4) is 0 Å². The zero-order chi connectivity index (χ0) is 13.7. The molecule has 0 aliphatic carbocycles. The molecule has 0 spiro atoms. The lowest BCUT2D eigenvalue weighted by molar-refractivity contribution is -0.116. The van der Waals surface area contributed by atoms with E-state index in [2.05, 4.69) is 0 Å². The van der Waals surface area contributed by atoms with E-state index in [4.69, 9.17) is 23.1 Å². The van der Waals surface area contributed by atoms with Gasteiger partial charge in [0.05, 0.1) is 22.9 Å². The van der Waals surface area contributed by atoms with Crippen molar-refractivity contribution in [3.63, 3.8) is 0 Å². The van der Waals surface area contributed by atoms with E-state index in [-0.39, 0.29) is 11.6 Å². The average Bonchev–Trinajstić information content (AvgIpc) is 2.29. The molecule has 1 amide bonds. The number of unbranched alkanes of at least 4 members (excludes halogenated alkanes) is 1. The summed E-state index contributed by atoms with van der Waals surface area (Å²) in [4.78, 5) is 12.7. The van der Waals surface area contributed by atoms with E-state index in [0.717, 1.165) is 12.8 Å². The van der Waals surface area contributed by atoms with Crippen LogP contribution >= 0.6 is 11.6 Å². The van der Waals surface area contributed by atoms with Gasteiger partial charge in [-0.15, -0.1) is 0 Å². The number of hydrogen-bond donors (Lipinski definition) is 2. The summed E-state index contributed by atoms with van der Waals surface area (Å²) in [6.45, 7) is 2.62. The van der Waals surface area contributed by atoms with Crippen LogP contribution in [0.4, 0.5) is 15.8 Å². The Morgan fingerprint density at radius 1 is 1.50 bits per heavy atom. The molecule has 0 saturated carbocycles. The first-order valence-corrected chi connectivity index (χ1v) is 6.11. The molecule has 0 saturated heterocycles. The number of nitrogens with two attached hydrogens (primary N) is 2. The first kappa shape index (κ1) is 14.6. The van der Waals surface area contributed by atoms with Gasteiger partial charge in [0.25, 0.3) is 0 Å². The van der Waals surface area contributed by atoms with E-state index in [0.29, 0.717) is 17.9 Å². The fourth-order valence-electron chi connectivity index (χ4n) is 1.65. The maximum Gasteiger partial charge on any atom is 0.236 e. The minimum absolute atomic E-state index is 0.00523. The van der Waals surface area contributed by atoms with E-state index in [1.165, 1.54) is 12.1 Å². The molecule has 100 valence electrons. The van der Waals surface area contributed by atoms with E-state index >= 15 is 0 Å². The first-order chi connectivity index (χ1) is 8.45. The molecule has 1 aromatic carbocycles. The van der Waals surface area contributed by atoms with Crippen LogP contribution in [0, 0.1) is 5.82 Å². The Kier molecular flexibility index (Phi) is 5.22. The highest BCUT2D eigenvalue weighted by atomic mass is 35.5. The summed E-state index contributed by atoms with van der Waals surface area (Å²) < 4.78 is 13.4. The van der Waals surface area contributed by atoms with E-state index in [9.17, 15) is 9.18 Å². The Bertz CT molecular complexity index is 440. The van der Waals surface area contributed by atoms with Crippen molar-refractivity contribution in [2.24, 2.45) is 5.73 Å². The smallest absolute Gasteiger partial charge is 0.236 e. The molecule has 0 bridgehead atoms. The summed E-state index contributed by atoms with van der Waals surface area (Å²) in [5.41, 5.74) is 11.8. The minimum Gasteiger partial charge on any atom is -0.397 e. The highest BCUT2D eigenvalue weighted by Gasteiger charge is 2.14. The van der Waals surface area contributed by atoms with Gasteiger partial charge in [0.1, 0.15) is 5.82 Å². The summed E-state index contributed by atoms with van der Waals surface area (Å²) in [6, 6.07) is 2.57. The van der Waals surface area contributed by atoms with Crippen molar-refractivity contribution in [1.29, 1.82) is 0 Å².